The maximum Gasteiger partial charge on any atom is 0.243 e. The standard InChI is InChI=1S/C20H23ClN4O3S/c21-16-4-6-18(7-5-16)29(27,28)25-13-11-23(12-14-25)19-8-10-24(20(19)26)15-17-3-1-2-9-22-17/h1-7,9,19H,8,10-15H2. The van der Waals surface area contributed by atoms with E-state index in [2.05, 4.69) is 9.88 Å². The summed E-state index contributed by atoms with van der Waals surface area (Å²) in [6.45, 7) is 3.04. The lowest BCUT2D eigenvalue weighted by Crippen LogP contribution is -2.53. The summed E-state index contributed by atoms with van der Waals surface area (Å²) in [6, 6.07) is 11.7. The number of benzene rings is 1. The lowest BCUT2D eigenvalue weighted by molar-refractivity contribution is -0.133. The number of pyridine rings is 1. The second-order valence-electron chi connectivity index (χ2n) is 7.28. The highest BCUT2D eigenvalue weighted by Crippen LogP contribution is 2.24. The fraction of sp³-hybridized carbons (Fsp3) is 0.400. The number of nitrogens with zero attached hydrogens (tertiary/aromatic N) is 4. The van der Waals surface area contributed by atoms with Gasteiger partial charge in [0, 0.05) is 43.9 Å². The SMILES string of the molecule is O=C1C(N2CCN(S(=O)(=O)c3ccc(Cl)cc3)CC2)CCN1Cc1ccccn1. The summed E-state index contributed by atoms with van der Waals surface area (Å²) in [4.78, 5) is 21.3. The van der Waals surface area contributed by atoms with Gasteiger partial charge in [0.25, 0.3) is 0 Å². The molecule has 0 radical (unpaired) electrons. The van der Waals surface area contributed by atoms with E-state index in [1.165, 1.54) is 16.4 Å². The van der Waals surface area contributed by atoms with Gasteiger partial charge in [0.1, 0.15) is 0 Å². The van der Waals surface area contributed by atoms with Crippen LogP contribution < -0.4 is 0 Å². The molecule has 0 saturated carbocycles. The molecule has 1 amide bonds. The van der Waals surface area contributed by atoms with Crippen LogP contribution in [0, 0.1) is 0 Å². The van der Waals surface area contributed by atoms with E-state index < -0.39 is 10.0 Å². The molecule has 2 aliphatic rings. The molecule has 1 unspecified atom stereocenters. The highest BCUT2D eigenvalue weighted by atomic mass is 35.5. The van der Waals surface area contributed by atoms with E-state index in [-0.39, 0.29) is 16.8 Å². The third kappa shape index (κ3) is 4.30. The molecule has 4 rings (SSSR count). The van der Waals surface area contributed by atoms with E-state index in [0.29, 0.717) is 44.3 Å². The summed E-state index contributed by atoms with van der Waals surface area (Å²) in [5.74, 6) is 0.102. The lowest BCUT2D eigenvalue weighted by atomic mass is 10.2. The minimum atomic E-state index is -3.55. The van der Waals surface area contributed by atoms with Crippen molar-refractivity contribution >= 4 is 27.5 Å². The van der Waals surface area contributed by atoms with Gasteiger partial charge in [-0.15, -0.1) is 0 Å². The van der Waals surface area contributed by atoms with Crippen LogP contribution in [0.4, 0.5) is 0 Å². The summed E-state index contributed by atoms with van der Waals surface area (Å²) in [6.07, 6.45) is 2.49. The highest BCUT2D eigenvalue weighted by Gasteiger charge is 2.38. The third-order valence-corrected chi connectivity index (χ3v) is 7.68. The van der Waals surface area contributed by atoms with Gasteiger partial charge in [-0.05, 0) is 42.8 Å². The number of halogens is 1. The predicted molar refractivity (Wildman–Crippen MR) is 110 cm³/mol. The van der Waals surface area contributed by atoms with Gasteiger partial charge < -0.3 is 4.90 Å². The fourth-order valence-electron chi connectivity index (χ4n) is 3.92. The maximum atomic E-state index is 12.9. The zero-order chi connectivity index (χ0) is 20.4. The molecule has 154 valence electrons. The Hall–Kier alpha value is -2.00. The summed E-state index contributed by atoms with van der Waals surface area (Å²) in [5, 5.41) is 0.503. The Labute approximate surface area is 175 Å². The van der Waals surface area contributed by atoms with Crippen molar-refractivity contribution in [2.75, 3.05) is 32.7 Å². The van der Waals surface area contributed by atoms with Gasteiger partial charge in [0.15, 0.2) is 0 Å². The summed E-state index contributed by atoms with van der Waals surface area (Å²) in [5.41, 5.74) is 0.875. The van der Waals surface area contributed by atoms with Crippen LogP contribution in [-0.4, -0.2) is 72.2 Å². The summed E-state index contributed by atoms with van der Waals surface area (Å²) >= 11 is 5.86. The highest BCUT2D eigenvalue weighted by molar-refractivity contribution is 7.89. The Morgan fingerprint density at radius 2 is 1.72 bits per heavy atom. The van der Waals surface area contributed by atoms with Gasteiger partial charge in [-0.2, -0.15) is 4.31 Å². The average molecular weight is 435 g/mol. The molecule has 0 bridgehead atoms. The molecule has 0 aliphatic carbocycles. The Bertz CT molecular complexity index is 961. The molecule has 29 heavy (non-hydrogen) atoms. The normalized spacial score (nSPS) is 21.6. The smallest absolute Gasteiger partial charge is 0.243 e. The zero-order valence-corrected chi connectivity index (χ0v) is 17.5. The van der Waals surface area contributed by atoms with Crippen LogP contribution in [0.3, 0.4) is 0 Å². The van der Waals surface area contributed by atoms with E-state index in [4.69, 9.17) is 11.6 Å². The molecule has 7 nitrogen and oxygen atoms in total. The van der Waals surface area contributed by atoms with Crippen molar-refractivity contribution in [1.82, 2.24) is 19.1 Å². The number of amides is 1. The minimum Gasteiger partial charge on any atom is -0.335 e. The van der Waals surface area contributed by atoms with Crippen LogP contribution in [0.15, 0.2) is 53.6 Å². The van der Waals surface area contributed by atoms with E-state index in [1.807, 2.05) is 23.1 Å². The van der Waals surface area contributed by atoms with Gasteiger partial charge in [0.05, 0.1) is 23.2 Å². The van der Waals surface area contributed by atoms with Crippen LogP contribution in [0.1, 0.15) is 12.1 Å². The number of hydrogen-bond donors (Lipinski definition) is 0. The van der Waals surface area contributed by atoms with Gasteiger partial charge in [-0.25, -0.2) is 8.42 Å². The van der Waals surface area contributed by atoms with E-state index in [0.717, 1.165) is 12.1 Å². The molecule has 2 saturated heterocycles. The molecule has 0 N–H and O–H groups in total. The summed E-state index contributed by atoms with van der Waals surface area (Å²) in [7, 11) is -3.55. The van der Waals surface area contributed by atoms with Crippen molar-refractivity contribution in [3.8, 4) is 0 Å². The molecular weight excluding hydrogens is 412 g/mol. The average Bonchev–Trinajstić information content (AvgIpc) is 3.09. The fourth-order valence-corrected chi connectivity index (χ4v) is 5.46. The number of likely N-dealkylation sites (tertiary alicyclic amines) is 1. The van der Waals surface area contributed by atoms with Crippen LogP contribution in [0.25, 0.3) is 0 Å². The molecule has 2 aromatic rings. The molecule has 2 fully saturated rings. The number of carbonyl (C=O) groups is 1. The second kappa shape index (κ2) is 8.39. The van der Waals surface area contributed by atoms with Gasteiger partial charge in [-0.3, -0.25) is 14.7 Å². The molecule has 0 spiro atoms. The van der Waals surface area contributed by atoms with Gasteiger partial charge in [-0.1, -0.05) is 17.7 Å². The lowest BCUT2D eigenvalue weighted by Gasteiger charge is -2.36. The third-order valence-electron chi connectivity index (χ3n) is 5.51. The van der Waals surface area contributed by atoms with Gasteiger partial charge >= 0.3 is 0 Å². The van der Waals surface area contributed by atoms with E-state index in [9.17, 15) is 13.2 Å². The van der Waals surface area contributed by atoms with Crippen LogP contribution in [-0.2, 0) is 21.4 Å². The number of sulfonamides is 1. The van der Waals surface area contributed by atoms with Crippen LogP contribution in [0.2, 0.25) is 5.02 Å². The Morgan fingerprint density at radius 3 is 2.38 bits per heavy atom. The Morgan fingerprint density at radius 1 is 1.00 bits per heavy atom. The number of hydrogen-bond acceptors (Lipinski definition) is 5. The zero-order valence-electron chi connectivity index (χ0n) is 15.9. The van der Waals surface area contributed by atoms with Crippen molar-refractivity contribution in [3.05, 3.63) is 59.4 Å². The van der Waals surface area contributed by atoms with Gasteiger partial charge in [0.2, 0.25) is 15.9 Å². The Kier molecular flexibility index (Phi) is 5.87. The van der Waals surface area contributed by atoms with E-state index >= 15 is 0 Å². The predicted octanol–water partition coefficient (Wildman–Crippen LogP) is 1.84. The minimum absolute atomic E-state index is 0.102. The van der Waals surface area contributed by atoms with Crippen molar-refractivity contribution in [3.63, 3.8) is 0 Å². The first-order valence-electron chi connectivity index (χ1n) is 9.63. The van der Waals surface area contributed by atoms with Crippen molar-refractivity contribution in [2.45, 2.75) is 23.9 Å². The number of carbonyl (C=O) groups excluding carboxylic acids is 1. The molecule has 9 heteroatoms. The maximum absolute atomic E-state index is 12.9. The first-order chi connectivity index (χ1) is 13.9. The van der Waals surface area contributed by atoms with Crippen molar-refractivity contribution < 1.29 is 13.2 Å². The molecule has 1 aromatic carbocycles. The number of piperazine rings is 1. The van der Waals surface area contributed by atoms with Crippen LogP contribution >= 0.6 is 11.6 Å². The summed E-state index contributed by atoms with van der Waals surface area (Å²) < 4.78 is 27.1. The van der Waals surface area contributed by atoms with Crippen LogP contribution in [0.5, 0.6) is 0 Å². The Balaban J connectivity index is 1.36. The quantitative estimate of drug-likeness (QED) is 0.718. The van der Waals surface area contributed by atoms with Crippen molar-refractivity contribution in [1.29, 1.82) is 0 Å². The molecule has 3 heterocycles. The van der Waals surface area contributed by atoms with Crippen molar-refractivity contribution in [2.24, 2.45) is 0 Å². The topological polar surface area (TPSA) is 73.8 Å². The van der Waals surface area contributed by atoms with E-state index in [1.54, 1.807) is 18.3 Å². The molecule has 1 atom stereocenters. The number of aromatic nitrogens is 1. The molecular formula is C20H23ClN4O3S. The first-order valence-corrected chi connectivity index (χ1v) is 11.5. The largest absolute Gasteiger partial charge is 0.335 e. The second-order valence-corrected chi connectivity index (χ2v) is 9.65. The molecule has 2 aliphatic heterocycles. The monoisotopic (exact) mass is 434 g/mol. The first kappa shape index (κ1) is 20.3. The number of rotatable bonds is 5. The molecule has 1 aromatic heterocycles.